The van der Waals surface area contributed by atoms with Crippen LogP contribution in [0.25, 0.3) is 0 Å². The Morgan fingerprint density at radius 2 is 2.14 bits per heavy atom. The van der Waals surface area contributed by atoms with E-state index in [1.165, 1.54) is 19.4 Å². The summed E-state index contributed by atoms with van der Waals surface area (Å²) in [5.41, 5.74) is 1.00. The first kappa shape index (κ1) is 14.7. The van der Waals surface area contributed by atoms with Crippen molar-refractivity contribution < 1.29 is 9.90 Å². The van der Waals surface area contributed by atoms with Gasteiger partial charge in [-0.3, -0.25) is 0 Å². The topological polar surface area (TPSA) is 43.8 Å². The molecule has 2 unspecified atom stereocenters. The van der Waals surface area contributed by atoms with Gasteiger partial charge in [0.05, 0.1) is 10.7 Å². The lowest BCUT2D eigenvalue weighted by Crippen LogP contribution is -2.53. The highest BCUT2D eigenvalue weighted by Gasteiger charge is 2.35. The molecule has 0 amide bonds. The van der Waals surface area contributed by atoms with Crippen molar-refractivity contribution in [2.45, 2.75) is 25.3 Å². The molecule has 0 bridgehead atoms. The predicted octanol–water partition coefficient (Wildman–Crippen LogP) is 2.96. The van der Waals surface area contributed by atoms with Gasteiger partial charge in [-0.1, -0.05) is 17.7 Å². The number of carbonyl (C=O) groups is 1. The van der Waals surface area contributed by atoms with Crippen molar-refractivity contribution >= 4 is 23.3 Å². The number of anilines is 1. The van der Waals surface area contributed by atoms with E-state index in [0.717, 1.165) is 25.2 Å². The number of benzene rings is 1. The third-order valence-electron chi connectivity index (χ3n) is 4.89. The molecule has 2 atom stereocenters. The summed E-state index contributed by atoms with van der Waals surface area (Å²) >= 11 is 6.09. The third kappa shape index (κ3) is 2.74. The minimum Gasteiger partial charge on any atom is -0.478 e. The number of hydrogen-bond acceptors (Lipinski definition) is 3. The summed E-state index contributed by atoms with van der Waals surface area (Å²) in [5, 5.41) is 9.75. The van der Waals surface area contributed by atoms with E-state index in [4.69, 9.17) is 11.6 Å². The van der Waals surface area contributed by atoms with E-state index in [0.29, 0.717) is 17.0 Å². The summed E-state index contributed by atoms with van der Waals surface area (Å²) in [6.45, 7) is 3.00. The van der Waals surface area contributed by atoms with Crippen molar-refractivity contribution in [1.29, 1.82) is 0 Å². The van der Waals surface area contributed by atoms with Crippen LogP contribution < -0.4 is 4.90 Å². The Hall–Kier alpha value is -1.26. The molecule has 0 saturated carbocycles. The number of carboxylic acid groups (broad SMARTS) is 1. The number of halogens is 1. The molecule has 2 aliphatic heterocycles. The maximum Gasteiger partial charge on any atom is 0.339 e. The van der Waals surface area contributed by atoms with E-state index >= 15 is 0 Å². The van der Waals surface area contributed by atoms with Crippen LogP contribution in [0.3, 0.4) is 0 Å². The Kier molecular flexibility index (Phi) is 4.09. The Bertz CT molecular complexity index is 549. The van der Waals surface area contributed by atoms with Crippen molar-refractivity contribution in [2.75, 3.05) is 31.6 Å². The van der Waals surface area contributed by atoms with Crippen LogP contribution in [-0.2, 0) is 0 Å². The Balaban J connectivity index is 1.86. The Morgan fingerprint density at radius 1 is 1.33 bits per heavy atom. The highest BCUT2D eigenvalue weighted by atomic mass is 35.5. The molecule has 2 saturated heterocycles. The van der Waals surface area contributed by atoms with Crippen molar-refractivity contribution in [2.24, 2.45) is 5.92 Å². The molecule has 21 heavy (non-hydrogen) atoms. The van der Waals surface area contributed by atoms with Gasteiger partial charge in [0.2, 0.25) is 0 Å². The fourth-order valence-corrected chi connectivity index (χ4v) is 4.11. The quantitative estimate of drug-likeness (QED) is 0.912. The standard InChI is InChI=1S/C16H21ClN2O2/c1-18-8-3-4-11-10-19(9-7-13(11)18)14-6-2-5-12(17)15(14)16(20)21/h2,5-6,11,13H,3-4,7-10H2,1H3,(H,20,21). The highest BCUT2D eigenvalue weighted by molar-refractivity contribution is 6.34. The van der Waals surface area contributed by atoms with Crippen LogP contribution in [0.2, 0.25) is 5.02 Å². The van der Waals surface area contributed by atoms with Gasteiger partial charge >= 0.3 is 5.97 Å². The molecule has 2 aliphatic rings. The highest BCUT2D eigenvalue weighted by Crippen LogP contribution is 2.35. The fraction of sp³-hybridized carbons (Fsp3) is 0.562. The molecule has 0 aromatic heterocycles. The average Bonchev–Trinajstić information content (AvgIpc) is 2.46. The summed E-state index contributed by atoms with van der Waals surface area (Å²) in [6.07, 6.45) is 3.55. The van der Waals surface area contributed by atoms with Gasteiger partial charge in [-0.25, -0.2) is 4.79 Å². The van der Waals surface area contributed by atoms with Crippen LogP contribution in [0.1, 0.15) is 29.6 Å². The van der Waals surface area contributed by atoms with Gasteiger partial charge in [0.25, 0.3) is 0 Å². The molecule has 4 nitrogen and oxygen atoms in total. The van der Waals surface area contributed by atoms with E-state index in [-0.39, 0.29) is 5.56 Å². The molecule has 0 radical (unpaired) electrons. The van der Waals surface area contributed by atoms with Gasteiger partial charge < -0.3 is 14.9 Å². The molecule has 0 spiro atoms. The van der Waals surface area contributed by atoms with E-state index < -0.39 is 5.97 Å². The number of fused-ring (bicyclic) bond motifs is 1. The van der Waals surface area contributed by atoms with Gasteiger partial charge in [0.15, 0.2) is 0 Å². The number of rotatable bonds is 2. The molecule has 2 heterocycles. The maximum atomic E-state index is 11.5. The molecule has 1 N–H and O–H groups in total. The van der Waals surface area contributed by atoms with Gasteiger partial charge in [-0.2, -0.15) is 0 Å². The van der Waals surface area contributed by atoms with Crippen LogP contribution in [0, 0.1) is 5.92 Å². The first-order valence-corrected chi connectivity index (χ1v) is 7.92. The molecule has 2 fully saturated rings. The Morgan fingerprint density at radius 3 is 2.90 bits per heavy atom. The first-order chi connectivity index (χ1) is 10.1. The molecule has 5 heteroatoms. The van der Waals surface area contributed by atoms with Crippen LogP contribution in [0.15, 0.2) is 18.2 Å². The zero-order valence-electron chi connectivity index (χ0n) is 12.3. The zero-order chi connectivity index (χ0) is 15.0. The molecule has 3 rings (SSSR count). The van der Waals surface area contributed by atoms with Crippen molar-refractivity contribution in [3.05, 3.63) is 28.8 Å². The maximum absolute atomic E-state index is 11.5. The van der Waals surface area contributed by atoms with Gasteiger partial charge in [0.1, 0.15) is 5.56 Å². The van der Waals surface area contributed by atoms with Crippen LogP contribution in [-0.4, -0.2) is 48.7 Å². The Labute approximate surface area is 130 Å². The SMILES string of the molecule is CN1CCCC2CN(c3cccc(Cl)c3C(=O)O)CCC21. The minimum absolute atomic E-state index is 0.238. The fourth-order valence-electron chi connectivity index (χ4n) is 3.86. The third-order valence-corrected chi connectivity index (χ3v) is 5.21. The molecule has 114 valence electrons. The number of hydrogen-bond donors (Lipinski definition) is 1. The summed E-state index contributed by atoms with van der Waals surface area (Å²) in [6, 6.07) is 6.00. The largest absolute Gasteiger partial charge is 0.478 e. The number of aromatic carboxylic acids is 1. The lowest BCUT2D eigenvalue weighted by molar-refractivity contribution is 0.0696. The summed E-state index contributed by atoms with van der Waals surface area (Å²) in [7, 11) is 2.20. The smallest absolute Gasteiger partial charge is 0.339 e. The molecular weight excluding hydrogens is 288 g/mol. The molecule has 1 aromatic rings. The number of likely N-dealkylation sites (tertiary alicyclic amines) is 1. The first-order valence-electron chi connectivity index (χ1n) is 7.55. The molecule has 0 aliphatic carbocycles. The molecular formula is C16H21ClN2O2. The average molecular weight is 309 g/mol. The summed E-state index contributed by atoms with van der Waals surface area (Å²) in [4.78, 5) is 16.2. The van der Waals surface area contributed by atoms with Gasteiger partial charge in [-0.15, -0.1) is 0 Å². The second kappa shape index (κ2) is 5.85. The lowest BCUT2D eigenvalue weighted by atomic mass is 9.84. The number of carboxylic acids is 1. The van der Waals surface area contributed by atoms with Crippen molar-refractivity contribution in [3.8, 4) is 0 Å². The number of piperidine rings is 2. The second-order valence-corrected chi connectivity index (χ2v) is 6.53. The minimum atomic E-state index is -0.946. The monoisotopic (exact) mass is 308 g/mol. The van der Waals surface area contributed by atoms with E-state index in [1.54, 1.807) is 6.07 Å². The van der Waals surface area contributed by atoms with Crippen LogP contribution in [0.4, 0.5) is 5.69 Å². The van der Waals surface area contributed by atoms with Crippen molar-refractivity contribution in [1.82, 2.24) is 4.90 Å². The van der Waals surface area contributed by atoms with E-state index in [1.807, 2.05) is 12.1 Å². The van der Waals surface area contributed by atoms with E-state index in [9.17, 15) is 9.90 Å². The molecule has 1 aromatic carbocycles. The normalized spacial score (nSPS) is 26.5. The summed E-state index contributed by atoms with van der Waals surface area (Å²) in [5.74, 6) is -0.323. The van der Waals surface area contributed by atoms with Gasteiger partial charge in [-0.05, 0) is 50.9 Å². The van der Waals surface area contributed by atoms with Gasteiger partial charge in [0, 0.05) is 19.1 Å². The lowest BCUT2D eigenvalue weighted by Gasteiger charge is -2.46. The van der Waals surface area contributed by atoms with E-state index in [2.05, 4.69) is 16.8 Å². The predicted molar refractivity (Wildman–Crippen MR) is 84.4 cm³/mol. The van der Waals surface area contributed by atoms with Crippen molar-refractivity contribution in [3.63, 3.8) is 0 Å². The van der Waals surface area contributed by atoms with Crippen LogP contribution in [0.5, 0.6) is 0 Å². The zero-order valence-corrected chi connectivity index (χ0v) is 13.0. The summed E-state index contributed by atoms with van der Waals surface area (Å²) < 4.78 is 0. The number of nitrogens with zero attached hydrogens (tertiary/aromatic N) is 2. The second-order valence-electron chi connectivity index (χ2n) is 6.12. The van der Waals surface area contributed by atoms with Crippen LogP contribution >= 0.6 is 11.6 Å².